The van der Waals surface area contributed by atoms with E-state index in [0.717, 1.165) is 6.07 Å². The maximum absolute atomic E-state index is 13.5. The first kappa shape index (κ1) is 11.1. The van der Waals surface area contributed by atoms with E-state index in [4.69, 9.17) is 0 Å². The van der Waals surface area contributed by atoms with Crippen molar-refractivity contribution in [3.8, 4) is 0 Å². The van der Waals surface area contributed by atoms with Gasteiger partial charge in [0, 0.05) is 5.56 Å². The molecule has 1 rings (SSSR count). The van der Waals surface area contributed by atoms with Crippen molar-refractivity contribution >= 4 is 0 Å². The Bertz CT molecular complexity index is 332. The normalized spacial score (nSPS) is 10.6. The SMILES string of the molecule is CCCc1cc(F)c(F)c(CC)c1F. The summed E-state index contributed by atoms with van der Waals surface area (Å²) in [6.07, 6.45) is 1.33. The average Bonchev–Trinajstić information content (AvgIpc) is 2.16. The van der Waals surface area contributed by atoms with E-state index in [9.17, 15) is 13.2 Å². The van der Waals surface area contributed by atoms with Crippen LogP contribution in [0.5, 0.6) is 0 Å². The van der Waals surface area contributed by atoms with E-state index >= 15 is 0 Å². The standard InChI is InChI=1S/C11H13F3/c1-3-5-7-6-9(12)11(14)8(4-2)10(7)13/h6H,3-5H2,1-2H3. The largest absolute Gasteiger partial charge is 0.206 e. The third kappa shape index (κ3) is 1.91. The minimum Gasteiger partial charge on any atom is -0.206 e. The lowest BCUT2D eigenvalue weighted by Crippen LogP contribution is -2.03. The molecule has 0 aliphatic heterocycles. The van der Waals surface area contributed by atoms with E-state index in [2.05, 4.69) is 0 Å². The molecule has 0 unspecified atom stereocenters. The van der Waals surface area contributed by atoms with Crippen LogP contribution in [0.2, 0.25) is 0 Å². The van der Waals surface area contributed by atoms with Gasteiger partial charge in [-0.15, -0.1) is 0 Å². The zero-order chi connectivity index (χ0) is 10.7. The molecule has 0 atom stereocenters. The van der Waals surface area contributed by atoms with E-state index in [-0.39, 0.29) is 17.5 Å². The second-order valence-corrected chi connectivity index (χ2v) is 3.23. The van der Waals surface area contributed by atoms with Gasteiger partial charge in [0.2, 0.25) is 0 Å². The molecule has 1 aromatic carbocycles. The van der Waals surface area contributed by atoms with Crippen molar-refractivity contribution in [3.63, 3.8) is 0 Å². The Kier molecular flexibility index (Phi) is 3.55. The summed E-state index contributed by atoms with van der Waals surface area (Å²) in [4.78, 5) is 0. The molecule has 0 aromatic heterocycles. The summed E-state index contributed by atoms with van der Waals surface area (Å²) < 4.78 is 39.6. The van der Waals surface area contributed by atoms with Gasteiger partial charge in [-0.25, -0.2) is 13.2 Å². The lowest BCUT2D eigenvalue weighted by molar-refractivity contribution is 0.475. The summed E-state index contributed by atoms with van der Waals surface area (Å²) in [5, 5.41) is 0. The Balaban J connectivity index is 3.27. The zero-order valence-corrected chi connectivity index (χ0v) is 8.33. The molecule has 0 amide bonds. The monoisotopic (exact) mass is 202 g/mol. The summed E-state index contributed by atoms with van der Waals surface area (Å²) >= 11 is 0. The van der Waals surface area contributed by atoms with Crippen molar-refractivity contribution in [2.75, 3.05) is 0 Å². The number of hydrogen-bond acceptors (Lipinski definition) is 0. The van der Waals surface area contributed by atoms with Crippen LogP contribution in [0, 0.1) is 17.5 Å². The Morgan fingerprint density at radius 3 is 2.21 bits per heavy atom. The molecule has 0 saturated heterocycles. The minimum atomic E-state index is -1.05. The van der Waals surface area contributed by atoms with E-state index in [1.54, 1.807) is 6.92 Å². The molecule has 0 bridgehead atoms. The Morgan fingerprint density at radius 2 is 1.71 bits per heavy atom. The number of benzene rings is 1. The molecule has 0 aliphatic rings. The fourth-order valence-electron chi connectivity index (χ4n) is 1.48. The second-order valence-electron chi connectivity index (χ2n) is 3.23. The fourth-order valence-corrected chi connectivity index (χ4v) is 1.48. The van der Waals surface area contributed by atoms with Crippen molar-refractivity contribution in [1.29, 1.82) is 0 Å². The summed E-state index contributed by atoms with van der Waals surface area (Å²) in [6, 6.07) is 0.952. The number of halogens is 3. The lowest BCUT2D eigenvalue weighted by atomic mass is 10.0. The highest BCUT2D eigenvalue weighted by Gasteiger charge is 2.16. The van der Waals surface area contributed by atoms with E-state index in [1.807, 2.05) is 6.92 Å². The molecule has 14 heavy (non-hydrogen) atoms. The third-order valence-corrected chi connectivity index (χ3v) is 2.20. The predicted octanol–water partition coefficient (Wildman–Crippen LogP) is 3.62. The van der Waals surface area contributed by atoms with Crippen LogP contribution in [0.25, 0.3) is 0 Å². The van der Waals surface area contributed by atoms with Crippen LogP contribution in [0.4, 0.5) is 13.2 Å². The predicted molar refractivity (Wildman–Crippen MR) is 49.7 cm³/mol. The highest BCUT2D eigenvalue weighted by molar-refractivity contribution is 5.28. The molecule has 0 N–H and O–H groups in total. The van der Waals surface area contributed by atoms with Gasteiger partial charge in [-0.05, 0) is 24.5 Å². The van der Waals surface area contributed by atoms with Crippen LogP contribution < -0.4 is 0 Å². The highest BCUT2D eigenvalue weighted by atomic mass is 19.2. The van der Waals surface area contributed by atoms with Gasteiger partial charge < -0.3 is 0 Å². The fraction of sp³-hybridized carbons (Fsp3) is 0.455. The zero-order valence-electron chi connectivity index (χ0n) is 8.33. The van der Waals surface area contributed by atoms with Gasteiger partial charge in [-0.1, -0.05) is 20.3 Å². The summed E-state index contributed by atoms with van der Waals surface area (Å²) in [5.74, 6) is -2.59. The van der Waals surface area contributed by atoms with Gasteiger partial charge in [0.15, 0.2) is 11.6 Å². The second kappa shape index (κ2) is 4.49. The third-order valence-electron chi connectivity index (χ3n) is 2.20. The number of aryl methyl sites for hydroxylation is 1. The van der Waals surface area contributed by atoms with E-state index in [1.165, 1.54) is 0 Å². The van der Waals surface area contributed by atoms with E-state index < -0.39 is 17.5 Å². The molecule has 0 fully saturated rings. The molecular weight excluding hydrogens is 189 g/mol. The molecule has 3 heteroatoms. The summed E-state index contributed by atoms with van der Waals surface area (Å²) in [7, 11) is 0. The smallest absolute Gasteiger partial charge is 0.164 e. The van der Waals surface area contributed by atoms with Gasteiger partial charge >= 0.3 is 0 Å². The maximum atomic E-state index is 13.5. The van der Waals surface area contributed by atoms with Crippen molar-refractivity contribution < 1.29 is 13.2 Å². The Hall–Kier alpha value is -0.990. The molecule has 0 radical (unpaired) electrons. The number of hydrogen-bond donors (Lipinski definition) is 0. The quantitative estimate of drug-likeness (QED) is 0.657. The number of rotatable bonds is 3. The molecule has 78 valence electrons. The first-order chi connectivity index (χ1) is 6.61. The Morgan fingerprint density at radius 1 is 1.07 bits per heavy atom. The van der Waals surface area contributed by atoms with Gasteiger partial charge in [-0.3, -0.25) is 0 Å². The molecule has 1 aromatic rings. The van der Waals surface area contributed by atoms with Crippen LogP contribution in [0.15, 0.2) is 6.07 Å². The van der Waals surface area contributed by atoms with Gasteiger partial charge in [0.05, 0.1) is 0 Å². The van der Waals surface area contributed by atoms with Crippen LogP contribution in [-0.4, -0.2) is 0 Å². The van der Waals surface area contributed by atoms with Crippen LogP contribution in [0.3, 0.4) is 0 Å². The van der Waals surface area contributed by atoms with Crippen molar-refractivity contribution in [1.82, 2.24) is 0 Å². The highest BCUT2D eigenvalue weighted by Crippen LogP contribution is 2.21. The first-order valence-corrected chi connectivity index (χ1v) is 4.77. The van der Waals surface area contributed by atoms with Crippen LogP contribution >= 0.6 is 0 Å². The van der Waals surface area contributed by atoms with Crippen molar-refractivity contribution in [2.45, 2.75) is 33.1 Å². The van der Waals surface area contributed by atoms with Crippen LogP contribution in [-0.2, 0) is 12.8 Å². The van der Waals surface area contributed by atoms with Gasteiger partial charge in [-0.2, -0.15) is 0 Å². The molecule has 0 saturated carbocycles. The van der Waals surface area contributed by atoms with Gasteiger partial charge in [0.1, 0.15) is 5.82 Å². The molecule has 0 spiro atoms. The maximum Gasteiger partial charge on any atom is 0.164 e. The molecule has 0 nitrogen and oxygen atoms in total. The summed E-state index contributed by atoms with van der Waals surface area (Å²) in [6.45, 7) is 3.48. The molecule has 0 aliphatic carbocycles. The van der Waals surface area contributed by atoms with Gasteiger partial charge in [0.25, 0.3) is 0 Å². The lowest BCUT2D eigenvalue weighted by Gasteiger charge is -2.08. The van der Waals surface area contributed by atoms with Crippen molar-refractivity contribution in [3.05, 3.63) is 34.6 Å². The minimum absolute atomic E-state index is 0.145. The van der Waals surface area contributed by atoms with Crippen LogP contribution in [0.1, 0.15) is 31.4 Å². The van der Waals surface area contributed by atoms with E-state index in [0.29, 0.717) is 12.8 Å². The van der Waals surface area contributed by atoms with Crippen molar-refractivity contribution in [2.24, 2.45) is 0 Å². The molecule has 0 heterocycles. The first-order valence-electron chi connectivity index (χ1n) is 4.77. The summed E-state index contributed by atoms with van der Waals surface area (Å²) in [5.41, 5.74) is 0.122. The molecular formula is C11H13F3. The Labute approximate surface area is 81.8 Å². The average molecular weight is 202 g/mol. The topological polar surface area (TPSA) is 0 Å².